The van der Waals surface area contributed by atoms with Crippen molar-refractivity contribution in [2.24, 2.45) is 0 Å². The standard InChI is InChI=1S/C17H18O4/c1-3-5-11(2)17(19)10-21-15-12-6-4-9-20-14(12)8-7-13(15)16(17)18/h3,5,7-8,19H,1,4,6,9-10H2,2H3/b11-5+. The fourth-order valence-corrected chi connectivity index (χ4v) is 2.83. The van der Waals surface area contributed by atoms with Crippen LogP contribution in [0.3, 0.4) is 0 Å². The zero-order chi connectivity index (χ0) is 15.0. The maximum absolute atomic E-state index is 12.7. The minimum atomic E-state index is -1.62. The number of ketones is 1. The maximum atomic E-state index is 12.7. The summed E-state index contributed by atoms with van der Waals surface area (Å²) in [4.78, 5) is 12.7. The van der Waals surface area contributed by atoms with Gasteiger partial charge in [0.1, 0.15) is 18.1 Å². The van der Waals surface area contributed by atoms with E-state index in [0.717, 1.165) is 24.2 Å². The smallest absolute Gasteiger partial charge is 0.205 e. The molecule has 0 radical (unpaired) electrons. The summed E-state index contributed by atoms with van der Waals surface area (Å²) in [6.45, 7) is 5.91. The number of allylic oxidation sites excluding steroid dienone is 2. The molecule has 2 aliphatic heterocycles. The Kier molecular flexibility index (Phi) is 3.33. The second-order valence-electron chi connectivity index (χ2n) is 5.43. The van der Waals surface area contributed by atoms with Gasteiger partial charge in [-0.15, -0.1) is 0 Å². The number of benzene rings is 1. The summed E-state index contributed by atoms with van der Waals surface area (Å²) in [6.07, 6.45) is 4.91. The molecule has 1 N–H and O–H groups in total. The van der Waals surface area contributed by atoms with Gasteiger partial charge in [-0.2, -0.15) is 0 Å². The number of carbonyl (C=O) groups is 1. The first-order chi connectivity index (χ1) is 10.1. The number of carbonyl (C=O) groups excluding carboxylic acids is 1. The molecule has 1 aromatic rings. The van der Waals surface area contributed by atoms with E-state index in [0.29, 0.717) is 23.5 Å². The molecule has 0 saturated carbocycles. The number of hydrogen-bond acceptors (Lipinski definition) is 4. The Morgan fingerprint density at radius 2 is 2.24 bits per heavy atom. The van der Waals surface area contributed by atoms with Crippen LogP contribution >= 0.6 is 0 Å². The van der Waals surface area contributed by atoms with Gasteiger partial charge in [0.2, 0.25) is 5.78 Å². The summed E-state index contributed by atoms with van der Waals surface area (Å²) in [5.41, 5.74) is 0.261. The van der Waals surface area contributed by atoms with Crippen LogP contribution in [0.15, 0.2) is 36.4 Å². The van der Waals surface area contributed by atoms with E-state index in [1.807, 2.05) is 0 Å². The highest BCUT2D eigenvalue weighted by molar-refractivity contribution is 6.08. The van der Waals surface area contributed by atoms with Gasteiger partial charge >= 0.3 is 0 Å². The molecule has 2 aliphatic rings. The van der Waals surface area contributed by atoms with Crippen molar-refractivity contribution >= 4 is 5.78 Å². The minimum absolute atomic E-state index is 0.0779. The number of rotatable bonds is 2. The Morgan fingerprint density at radius 1 is 1.43 bits per heavy atom. The van der Waals surface area contributed by atoms with Gasteiger partial charge in [0.15, 0.2) is 5.60 Å². The lowest BCUT2D eigenvalue weighted by Crippen LogP contribution is -2.48. The predicted octanol–water partition coefficient (Wildman–Crippen LogP) is 2.45. The number of Topliss-reactive ketones (excluding diaryl/α,β-unsaturated/α-hetero) is 1. The molecule has 0 bridgehead atoms. The van der Waals surface area contributed by atoms with Crippen molar-refractivity contribution in [3.05, 3.63) is 47.6 Å². The van der Waals surface area contributed by atoms with Crippen molar-refractivity contribution in [3.8, 4) is 11.5 Å². The summed E-state index contributed by atoms with van der Waals surface area (Å²) >= 11 is 0. The highest BCUT2D eigenvalue weighted by Crippen LogP contribution is 2.41. The number of aliphatic hydroxyl groups is 1. The van der Waals surface area contributed by atoms with Gasteiger partial charge in [0.05, 0.1) is 12.2 Å². The Morgan fingerprint density at radius 3 is 3.00 bits per heavy atom. The van der Waals surface area contributed by atoms with Crippen LogP contribution in [-0.4, -0.2) is 29.7 Å². The van der Waals surface area contributed by atoms with E-state index in [1.165, 1.54) is 0 Å². The number of hydrogen-bond donors (Lipinski definition) is 1. The lowest BCUT2D eigenvalue weighted by Gasteiger charge is -2.34. The monoisotopic (exact) mass is 286 g/mol. The van der Waals surface area contributed by atoms with Crippen molar-refractivity contribution < 1.29 is 19.4 Å². The van der Waals surface area contributed by atoms with E-state index in [-0.39, 0.29) is 12.4 Å². The summed E-state index contributed by atoms with van der Waals surface area (Å²) in [7, 11) is 0. The minimum Gasteiger partial charge on any atom is -0.493 e. The molecule has 0 fully saturated rings. The predicted molar refractivity (Wildman–Crippen MR) is 79.0 cm³/mol. The Labute approximate surface area is 123 Å². The van der Waals surface area contributed by atoms with Gasteiger partial charge in [-0.3, -0.25) is 4.79 Å². The molecule has 3 rings (SSSR count). The van der Waals surface area contributed by atoms with Crippen molar-refractivity contribution in [2.45, 2.75) is 25.4 Å². The topological polar surface area (TPSA) is 55.8 Å². The molecule has 0 amide bonds. The molecule has 0 aromatic heterocycles. The SMILES string of the molecule is C=C/C=C(\C)C1(O)COc2c(ccc3c2CCCO3)C1=O. The van der Waals surface area contributed by atoms with E-state index in [2.05, 4.69) is 6.58 Å². The summed E-state index contributed by atoms with van der Waals surface area (Å²) in [6, 6.07) is 3.46. The largest absolute Gasteiger partial charge is 0.493 e. The van der Waals surface area contributed by atoms with Crippen molar-refractivity contribution in [2.75, 3.05) is 13.2 Å². The van der Waals surface area contributed by atoms with Gasteiger partial charge in [0.25, 0.3) is 0 Å². The summed E-state index contributed by atoms with van der Waals surface area (Å²) in [5, 5.41) is 10.7. The van der Waals surface area contributed by atoms with Crippen LogP contribution in [0.2, 0.25) is 0 Å². The third-order valence-corrected chi connectivity index (χ3v) is 4.11. The van der Waals surface area contributed by atoms with Crippen molar-refractivity contribution in [3.63, 3.8) is 0 Å². The van der Waals surface area contributed by atoms with Crippen LogP contribution < -0.4 is 9.47 Å². The molecule has 4 nitrogen and oxygen atoms in total. The highest BCUT2D eigenvalue weighted by Gasteiger charge is 2.44. The first-order valence-corrected chi connectivity index (χ1v) is 7.06. The van der Waals surface area contributed by atoms with Crippen LogP contribution in [0.25, 0.3) is 0 Å². The van der Waals surface area contributed by atoms with Crippen LogP contribution in [0.5, 0.6) is 11.5 Å². The lowest BCUT2D eigenvalue weighted by molar-refractivity contribution is 0.0175. The molecule has 1 aromatic carbocycles. The van der Waals surface area contributed by atoms with Crippen LogP contribution in [0.4, 0.5) is 0 Å². The van der Waals surface area contributed by atoms with E-state index >= 15 is 0 Å². The van der Waals surface area contributed by atoms with Gasteiger partial charge < -0.3 is 14.6 Å². The Bertz CT molecular complexity index is 644. The van der Waals surface area contributed by atoms with E-state index in [4.69, 9.17) is 9.47 Å². The van der Waals surface area contributed by atoms with Gasteiger partial charge in [-0.05, 0) is 37.5 Å². The van der Waals surface area contributed by atoms with Gasteiger partial charge in [0, 0.05) is 5.56 Å². The molecule has 0 spiro atoms. The second-order valence-corrected chi connectivity index (χ2v) is 5.43. The number of ether oxygens (including phenoxy) is 2. The molecule has 2 heterocycles. The molecular weight excluding hydrogens is 268 g/mol. The fraction of sp³-hybridized carbons (Fsp3) is 0.353. The molecule has 1 unspecified atom stereocenters. The summed E-state index contributed by atoms with van der Waals surface area (Å²) in [5.74, 6) is 1.01. The van der Waals surface area contributed by atoms with Crippen LogP contribution in [0.1, 0.15) is 29.3 Å². The van der Waals surface area contributed by atoms with Gasteiger partial charge in [-0.1, -0.05) is 18.7 Å². The van der Waals surface area contributed by atoms with Crippen LogP contribution in [-0.2, 0) is 6.42 Å². The van der Waals surface area contributed by atoms with E-state index in [9.17, 15) is 9.90 Å². The molecule has 110 valence electrons. The highest BCUT2D eigenvalue weighted by atomic mass is 16.5. The van der Waals surface area contributed by atoms with Gasteiger partial charge in [-0.25, -0.2) is 0 Å². The molecular formula is C17H18O4. The molecule has 0 aliphatic carbocycles. The average Bonchev–Trinajstić information content (AvgIpc) is 2.51. The van der Waals surface area contributed by atoms with Crippen molar-refractivity contribution in [1.82, 2.24) is 0 Å². The molecule has 0 saturated heterocycles. The average molecular weight is 286 g/mol. The maximum Gasteiger partial charge on any atom is 0.205 e. The number of fused-ring (bicyclic) bond motifs is 3. The normalized spacial score (nSPS) is 24.5. The first-order valence-electron chi connectivity index (χ1n) is 7.06. The fourth-order valence-electron chi connectivity index (χ4n) is 2.83. The van der Waals surface area contributed by atoms with E-state index < -0.39 is 5.60 Å². The Hall–Kier alpha value is -2.07. The first kappa shape index (κ1) is 13.9. The van der Waals surface area contributed by atoms with Crippen LogP contribution in [0, 0.1) is 0 Å². The second kappa shape index (κ2) is 5.04. The third kappa shape index (κ3) is 2.07. The van der Waals surface area contributed by atoms with Crippen molar-refractivity contribution in [1.29, 1.82) is 0 Å². The van der Waals surface area contributed by atoms with E-state index in [1.54, 1.807) is 31.2 Å². The molecule has 4 heteroatoms. The molecule has 1 atom stereocenters. The zero-order valence-electron chi connectivity index (χ0n) is 12.0. The quantitative estimate of drug-likeness (QED) is 0.848. The molecule has 21 heavy (non-hydrogen) atoms. The third-order valence-electron chi connectivity index (χ3n) is 4.11. The zero-order valence-corrected chi connectivity index (χ0v) is 12.0. The Balaban J connectivity index is 2.07. The summed E-state index contributed by atoms with van der Waals surface area (Å²) < 4.78 is 11.3. The lowest BCUT2D eigenvalue weighted by atomic mass is 9.83.